The molecule has 0 radical (unpaired) electrons. The van der Waals surface area contributed by atoms with Crippen LogP contribution in [-0.2, 0) is 0 Å². The minimum absolute atomic E-state index is 0.267. The lowest BCUT2D eigenvalue weighted by atomic mass is 10.1. The fourth-order valence-electron chi connectivity index (χ4n) is 1.79. The number of hydrogen-bond donors (Lipinski definition) is 1. The van der Waals surface area contributed by atoms with Gasteiger partial charge in [-0.2, -0.15) is 0 Å². The molecule has 2 heterocycles. The van der Waals surface area contributed by atoms with Crippen LogP contribution in [0, 0.1) is 6.92 Å². The maximum atomic E-state index is 4.50. The summed E-state index contributed by atoms with van der Waals surface area (Å²) < 4.78 is 0. The molecule has 2 atom stereocenters. The number of thiazole rings is 1. The van der Waals surface area contributed by atoms with Gasteiger partial charge in [-0.3, -0.25) is 4.98 Å². The van der Waals surface area contributed by atoms with E-state index in [1.165, 1.54) is 5.56 Å². The standard InChI is InChI=1S/C13H17N3S/c1-9(12-4-6-14-7-5-12)15-10(2)13-8-17-11(3)16-13/h4-10,15H,1-3H3/t9-,10?/m1/s1. The van der Waals surface area contributed by atoms with E-state index in [1.807, 2.05) is 31.5 Å². The second kappa shape index (κ2) is 5.38. The van der Waals surface area contributed by atoms with E-state index in [4.69, 9.17) is 0 Å². The van der Waals surface area contributed by atoms with Gasteiger partial charge < -0.3 is 5.32 Å². The molecule has 2 aromatic rings. The normalized spacial score (nSPS) is 14.5. The highest BCUT2D eigenvalue weighted by molar-refractivity contribution is 7.09. The first-order chi connectivity index (χ1) is 8.16. The molecule has 2 aromatic heterocycles. The van der Waals surface area contributed by atoms with Crippen LogP contribution in [0.15, 0.2) is 29.9 Å². The van der Waals surface area contributed by atoms with E-state index >= 15 is 0 Å². The lowest BCUT2D eigenvalue weighted by molar-refractivity contribution is 0.487. The van der Waals surface area contributed by atoms with Crippen molar-refractivity contribution < 1.29 is 0 Å². The van der Waals surface area contributed by atoms with Gasteiger partial charge in [-0.15, -0.1) is 11.3 Å². The van der Waals surface area contributed by atoms with Crippen molar-refractivity contribution in [3.8, 4) is 0 Å². The van der Waals surface area contributed by atoms with Crippen LogP contribution in [0.25, 0.3) is 0 Å². The van der Waals surface area contributed by atoms with E-state index in [0.717, 1.165) is 10.7 Å². The molecule has 0 aliphatic rings. The fourth-order valence-corrected chi connectivity index (χ4v) is 2.49. The Bertz CT molecular complexity index is 467. The third kappa shape index (κ3) is 3.11. The lowest BCUT2D eigenvalue weighted by Gasteiger charge is -2.18. The summed E-state index contributed by atoms with van der Waals surface area (Å²) in [5, 5.41) is 6.78. The Morgan fingerprint density at radius 1 is 1.18 bits per heavy atom. The van der Waals surface area contributed by atoms with Crippen LogP contribution >= 0.6 is 11.3 Å². The highest BCUT2D eigenvalue weighted by atomic mass is 32.1. The molecule has 1 N–H and O–H groups in total. The number of nitrogens with zero attached hydrogens (tertiary/aromatic N) is 2. The van der Waals surface area contributed by atoms with E-state index in [2.05, 4.69) is 34.5 Å². The topological polar surface area (TPSA) is 37.8 Å². The number of pyridine rings is 1. The van der Waals surface area contributed by atoms with E-state index in [9.17, 15) is 0 Å². The molecule has 0 amide bonds. The predicted octanol–water partition coefficient (Wildman–Crippen LogP) is 3.26. The van der Waals surface area contributed by atoms with Crippen LogP contribution in [0.3, 0.4) is 0 Å². The van der Waals surface area contributed by atoms with Crippen LogP contribution < -0.4 is 5.32 Å². The molecule has 4 heteroatoms. The highest BCUT2D eigenvalue weighted by Gasteiger charge is 2.12. The van der Waals surface area contributed by atoms with Gasteiger partial charge in [-0.05, 0) is 38.5 Å². The van der Waals surface area contributed by atoms with Gasteiger partial charge in [0.15, 0.2) is 0 Å². The molecule has 0 fully saturated rings. The summed E-state index contributed by atoms with van der Waals surface area (Å²) in [5.74, 6) is 0. The number of hydrogen-bond acceptors (Lipinski definition) is 4. The molecular formula is C13H17N3S. The Hall–Kier alpha value is -1.26. The molecule has 0 saturated carbocycles. The zero-order valence-electron chi connectivity index (χ0n) is 10.3. The monoisotopic (exact) mass is 247 g/mol. The highest BCUT2D eigenvalue weighted by Crippen LogP contribution is 2.20. The zero-order valence-corrected chi connectivity index (χ0v) is 11.2. The van der Waals surface area contributed by atoms with Gasteiger partial charge in [-0.1, -0.05) is 0 Å². The summed E-state index contributed by atoms with van der Waals surface area (Å²) in [5.41, 5.74) is 2.37. The zero-order chi connectivity index (χ0) is 12.3. The SMILES string of the molecule is Cc1nc(C(C)N[C@H](C)c2ccncc2)cs1. The number of nitrogens with one attached hydrogen (secondary N) is 1. The first-order valence-corrected chi connectivity index (χ1v) is 6.63. The van der Waals surface area contributed by atoms with Gasteiger partial charge in [0.2, 0.25) is 0 Å². The van der Waals surface area contributed by atoms with Gasteiger partial charge in [0, 0.05) is 29.9 Å². The molecule has 0 saturated heterocycles. The van der Waals surface area contributed by atoms with Crippen LogP contribution in [0.5, 0.6) is 0 Å². The molecule has 0 aliphatic heterocycles. The maximum Gasteiger partial charge on any atom is 0.0898 e. The first-order valence-electron chi connectivity index (χ1n) is 5.75. The van der Waals surface area contributed by atoms with Crippen LogP contribution in [0.2, 0.25) is 0 Å². The molecule has 3 nitrogen and oxygen atoms in total. The Balaban J connectivity index is 2.02. The molecule has 90 valence electrons. The number of aromatic nitrogens is 2. The first kappa shape index (κ1) is 12.2. The van der Waals surface area contributed by atoms with E-state index in [0.29, 0.717) is 6.04 Å². The quantitative estimate of drug-likeness (QED) is 0.901. The summed E-state index contributed by atoms with van der Waals surface area (Å²) in [7, 11) is 0. The lowest BCUT2D eigenvalue weighted by Crippen LogP contribution is -2.22. The average Bonchev–Trinajstić information content (AvgIpc) is 2.77. The van der Waals surface area contributed by atoms with Crippen molar-refractivity contribution in [1.82, 2.24) is 15.3 Å². The van der Waals surface area contributed by atoms with Crippen molar-refractivity contribution in [3.63, 3.8) is 0 Å². The Labute approximate surface area is 106 Å². The Morgan fingerprint density at radius 3 is 2.47 bits per heavy atom. The average molecular weight is 247 g/mol. The second-order valence-corrected chi connectivity index (χ2v) is 5.24. The van der Waals surface area contributed by atoms with Crippen LogP contribution in [-0.4, -0.2) is 9.97 Å². The van der Waals surface area contributed by atoms with Gasteiger partial charge in [0.1, 0.15) is 0 Å². The third-order valence-corrected chi connectivity index (χ3v) is 3.58. The smallest absolute Gasteiger partial charge is 0.0898 e. The van der Waals surface area contributed by atoms with Crippen molar-refractivity contribution in [1.29, 1.82) is 0 Å². The van der Waals surface area contributed by atoms with Gasteiger partial charge >= 0.3 is 0 Å². The molecule has 2 rings (SSSR count). The van der Waals surface area contributed by atoms with Gasteiger partial charge in [0.05, 0.1) is 10.7 Å². The summed E-state index contributed by atoms with van der Waals surface area (Å²) in [6, 6.07) is 4.64. The fraction of sp³-hybridized carbons (Fsp3) is 0.385. The number of rotatable bonds is 4. The van der Waals surface area contributed by atoms with Crippen molar-refractivity contribution in [2.75, 3.05) is 0 Å². The molecule has 0 aliphatic carbocycles. The van der Waals surface area contributed by atoms with E-state index in [-0.39, 0.29) is 6.04 Å². The van der Waals surface area contributed by atoms with Crippen molar-refractivity contribution in [3.05, 3.63) is 46.2 Å². The van der Waals surface area contributed by atoms with E-state index < -0.39 is 0 Å². The second-order valence-electron chi connectivity index (χ2n) is 4.18. The molecule has 0 spiro atoms. The maximum absolute atomic E-state index is 4.50. The molecule has 0 bridgehead atoms. The Kier molecular flexibility index (Phi) is 3.86. The van der Waals surface area contributed by atoms with Gasteiger partial charge in [0.25, 0.3) is 0 Å². The minimum atomic E-state index is 0.267. The minimum Gasteiger partial charge on any atom is -0.302 e. The summed E-state index contributed by atoms with van der Waals surface area (Å²) >= 11 is 1.69. The number of aryl methyl sites for hydroxylation is 1. The van der Waals surface area contributed by atoms with Gasteiger partial charge in [-0.25, -0.2) is 4.98 Å². The third-order valence-electron chi connectivity index (χ3n) is 2.79. The molecule has 1 unspecified atom stereocenters. The Morgan fingerprint density at radius 2 is 1.88 bits per heavy atom. The summed E-state index contributed by atoms with van der Waals surface area (Å²) in [6.45, 7) is 6.34. The molecular weight excluding hydrogens is 230 g/mol. The van der Waals surface area contributed by atoms with Crippen LogP contribution in [0.4, 0.5) is 0 Å². The summed E-state index contributed by atoms with van der Waals surface area (Å²) in [4.78, 5) is 8.53. The van der Waals surface area contributed by atoms with Crippen molar-refractivity contribution >= 4 is 11.3 Å². The van der Waals surface area contributed by atoms with Crippen LogP contribution in [0.1, 0.15) is 42.2 Å². The predicted molar refractivity (Wildman–Crippen MR) is 71.1 cm³/mol. The molecule has 17 heavy (non-hydrogen) atoms. The molecule has 0 aromatic carbocycles. The van der Waals surface area contributed by atoms with Crippen molar-refractivity contribution in [2.24, 2.45) is 0 Å². The summed E-state index contributed by atoms with van der Waals surface area (Å²) in [6.07, 6.45) is 3.65. The largest absolute Gasteiger partial charge is 0.302 e. The van der Waals surface area contributed by atoms with Crippen molar-refractivity contribution in [2.45, 2.75) is 32.9 Å². The van der Waals surface area contributed by atoms with E-state index in [1.54, 1.807) is 11.3 Å².